The maximum Gasteiger partial charge on any atom is 0.189 e. The maximum absolute atomic E-state index is 12.2. The largest absolute Gasteiger partial charge is 0.501 e. The van der Waals surface area contributed by atoms with E-state index < -0.39 is 0 Å². The fourth-order valence-corrected chi connectivity index (χ4v) is 1.91. The summed E-state index contributed by atoms with van der Waals surface area (Å²) < 4.78 is 10.2. The molecule has 1 aromatic carbocycles. The molecule has 2 rings (SSSR count). The van der Waals surface area contributed by atoms with Gasteiger partial charge in [-0.15, -0.1) is 0 Å². The smallest absolute Gasteiger partial charge is 0.189 e. The number of hydrogen-bond acceptors (Lipinski definition) is 3. The summed E-state index contributed by atoms with van der Waals surface area (Å²) in [7, 11) is 3.26. The molecule has 0 fully saturated rings. The molecular weight excluding hydrogens is 228 g/mol. The molecule has 0 saturated heterocycles. The number of ether oxygens (including phenoxy) is 2. The molecule has 1 aliphatic rings. The van der Waals surface area contributed by atoms with Crippen LogP contribution in [0.1, 0.15) is 23.2 Å². The number of rotatable bonds is 4. The van der Waals surface area contributed by atoms with Gasteiger partial charge in [-0.1, -0.05) is 6.08 Å². The van der Waals surface area contributed by atoms with Crippen LogP contribution in [0.4, 0.5) is 0 Å². The van der Waals surface area contributed by atoms with Gasteiger partial charge in [0.25, 0.3) is 0 Å². The van der Waals surface area contributed by atoms with Crippen molar-refractivity contribution in [3.8, 4) is 5.75 Å². The van der Waals surface area contributed by atoms with Gasteiger partial charge in [0, 0.05) is 17.6 Å². The van der Waals surface area contributed by atoms with E-state index in [2.05, 4.69) is 0 Å². The molecule has 1 aromatic rings. The summed E-state index contributed by atoms with van der Waals surface area (Å²) in [6, 6.07) is 7.18. The minimum absolute atomic E-state index is 0.0732. The number of Topliss-reactive ketones (excluding diaryl/α,β-unsaturated/α-hetero) is 1. The average molecular weight is 244 g/mol. The zero-order chi connectivity index (χ0) is 13.0. The highest BCUT2D eigenvalue weighted by Crippen LogP contribution is 2.22. The van der Waals surface area contributed by atoms with Crippen LogP contribution < -0.4 is 4.74 Å². The van der Waals surface area contributed by atoms with E-state index >= 15 is 0 Å². The average Bonchev–Trinajstić information content (AvgIpc) is 2.47. The van der Waals surface area contributed by atoms with Crippen molar-refractivity contribution in [1.82, 2.24) is 0 Å². The molecule has 0 aromatic heterocycles. The number of allylic oxidation sites excluding steroid dienone is 4. The van der Waals surface area contributed by atoms with Gasteiger partial charge in [0.05, 0.1) is 20.0 Å². The molecule has 94 valence electrons. The van der Waals surface area contributed by atoms with Crippen molar-refractivity contribution >= 4 is 5.78 Å². The molecule has 0 amide bonds. The van der Waals surface area contributed by atoms with Gasteiger partial charge in [0.15, 0.2) is 5.78 Å². The lowest BCUT2D eigenvalue weighted by Gasteiger charge is -2.13. The van der Waals surface area contributed by atoms with Crippen molar-refractivity contribution in [2.75, 3.05) is 14.2 Å². The zero-order valence-corrected chi connectivity index (χ0v) is 10.6. The third-order valence-corrected chi connectivity index (χ3v) is 3.02. The summed E-state index contributed by atoms with van der Waals surface area (Å²) in [5, 5.41) is 0. The molecule has 0 radical (unpaired) electrons. The SMILES string of the molecule is COC1=CC=C(C(=O)c2ccc(OC)cc2)CC1. The van der Waals surface area contributed by atoms with E-state index in [0.717, 1.165) is 29.9 Å². The van der Waals surface area contributed by atoms with Gasteiger partial charge in [-0.05, 0) is 36.8 Å². The van der Waals surface area contributed by atoms with Crippen LogP contribution in [0.25, 0.3) is 0 Å². The Labute approximate surface area is 107 Å². The fourth-order valence-electron chi connectivity index (χ4n) is 1.91. The third kappa shape index (κ3) is 2.62. The molecule has 0 spiro atoms. The van der Waals surface area contributed by atoms with Crippen LogP contribution in [0.5, 0.6) is 5.75 Å². The minimum Gasteiger partial charge on any atom is -0.501 e. The number of hydrogen-bond donors (Lipinski definition) is 0. The number of carbonyl (C=O) groups is 1. The van der Waals surface area contributed by atoms with E-state index in [1.807, 2.05) is 12.2 Å². The molecule has 0 heterocycles. The number of ketones is 1. The van der Waals surface area contributed by atoms with Crippen LogP contribution in [-0.4, -0.2) is 20.0 Å². The molecular formula is C15H16O3. The molecule has 0 atom stereocenters. The second-order valence-corrected chi connectivity index (χ2v) is 4.09. The lowest BCUT2D eigenvalue weighted by molar-refractivity contribution is 0.102. The van der Waals surface area contributed by atoms with E-state index in [1.165, 1.54) is 0 Å². The summed E-state index contributed by atoms with van der Waals surface area (Å²) in [5.74, 6) is 1.75. The molecule has 0 aliphatic heterocycles. The molecule has 1 aliphatic carbocycles. The topological polar surface area (TPSA) is 35.5 Å². The Morgan fingerprint density at radius 1 is 1.00 bits per heavy atom. The Hall–Kier alpha value is -2.03. The first-order valence-corrected chi connectivity index (χ1v) is 5.87. The van der Waals surface area contributed by atoms with Crippen LogP contribution in [0, 0.1) is 0 Å². The Morgan fingerprint density at radius 2 is 1.72 bits per heavy atom. The predicted octanol–water partition coefficient (Wildman–Crippen LogP) is 3.13. The summed E-state index contributed by atoms with van der Waals surface area (Å²) >= 11 is 0. The van der Waals surface area contributed by atoms with Crippen LogP contribution in [0.15, 0.2) is 47.7 Å². The van der Waals surface area contributed by atoms with E-state index in [9.17, 15) is 4.79 Å². The van der Waals surface area contributed by atoms with Gasteiger partial charge >= 0.3 is 0 Å². The van der Waals surface area contributed by atoms with Gasteiger partial charge in [0.2, 0.25) is 0 Å². The van der Waals surface area contributed by atoms with E-state index in [4.69, 9.17) is 9.47 Å². The van der Waals surface area contributed by atoms with E-state index in [1.54, 1.807) is 38.5 Å². The molecule has 3 heteroatoms. The molecule has 0 bridgehead atoms. The van der Waals surface area contributed by atoms with Crippen molar-refractivity contribution in [2.45, 2.75) is 12.8 Å². The van der Waals surface area contributed by atoms with Crippen LogP contribution in [0.2, 0.25) is 0 Å². The van der Waals surface area contributed by atoms with E-state index in [0.29, 0.717) is 5.56 Å². The predicted molar refractivity (Wildman–Crippen MR) is 69.7 cm³/mol. The Bertz CT molecular complexity index is 495. The highest BCUT2D eigenvalue weighted by Gasteiger charge is 2.15. The highest BCUT2D eigenvalue weighted by molar-refractivity contribution is 6.09. The lowest BCUT2D eigenvalue weighted by atomic mass is 9.95. The maximum atomic E-state index is 12.2. The van der Waals surface area contributed by atoms with Gasteiger partial charge in [-0.2, -0.15) is 0 Å². The summed E-state index contributed by atoms with van der Waals surface area (Å²) in [6.07, 6.45) is 5.21. The standard InChI is InChI=1S/C15H16O3/c1-17-13-7-3-11(4-8-13)15(16)12-5-9-14(18-2)10-6-12/h3-5,7-9H,6,10H2,1-2H3. The van der Waals surface area contributed by atoms with Crippen LogP contribution in [0.3, 0.4) is 0 Å². The zero-order valence-electron chi connectivity index (χ0n) is 10.6. The Kier molecular flexibility index (Phi) is 3.82. The quantitative estimate of drug-likeness (QED) is 0.763. The Balaban J connectivity index is 2.16. The van der Waals surface area contributed by atoms with E-state index in [-0.39, 0.29) is 5.78 Å². The lowest BCUT2D eigenvalue weighted by Crippen LogP contribution is -2.06. The first-order chi connectivity index (χ1) is 8.74. The molecule has 0 unspecified atom stereocenters. The Morgan fingerprint density at radius 3 is 2.22 bits per heavy atom. The number of benzene rings is 1. The monoisotopic (exact) mass is 244 g/mol. The van der Waals surface area contributed by atoms with Crippen LogP contribution in [-0.2, 0) is 4.74 Å². The van der Waals surface area contributed by atoms with Crippen molar-refractivity contribution in [3.05, 3.63) is 53.3 Å². The van der Waals surface area contributed by atoms with Crippen LogP contribution >= 0.6 is 0 Å². The molecule has 18 heavy (non-hydrogen) atoms. The number of carbonyl (C=O) groups excluding carboxylic acids is 1. The normalized spacial score (nSPS) is 14.6. The van der Waals surface area contributed by atoms with Gasteiger partial charge in [0.1, 0.15) is 5.75 Å². The van der Waals surface area contributed by atoms with Gasteiger partial charge in [-0.3, -0.25) is 4.79 Å². The third-order valence-electron chi connectivity index (χ3n) is 3.02. The van der Waals surface area contributed by atoms with Crippen molar-refractivity contribution in [2.24, 2.45) is 0 Å². The first kappa shape index (κ1) is 12.4. The van der Waals surface area contributed by atoms with Crippen molar-refractivity contribution in [3.63, 3.8) is 0 Å². The molecule has 0 N–H and O–H groups in total. The number of methoxy groups -OCH3 is 2. The first-order valence-electron chi connectivity index (χ1n) is 5.87. The second kappa shape index (κ2) is 5.54. The summed E-state index contributed by atoms with van der Waals surface area (Å²) in [5.41, 5.74) is 1.51. The highest BCUT2D eigenvalue weighted by atomic mass is 16.5. The molecule has 0 saturated carbocycles. The van der Waals surface area contributed by atoms with Gasteiger partial charge < -0.3 is 9.47 Å². The summed E-state index contributed by atoms with van der Waals surface area (Å²) in [6.45, 7) is 0. The van der Waals surface area contributed by atoms with Gasteiger partial charge in [-0.25, -0.2) is 0 Å². The van der Waals surface area contributed by atoms with Crippen molar-refractivity contribution in [1.29, 1.82) is 0 Å². The van der Waals surface area contributed by atoms with Crippen molar-refractivity contribution < 1.29 is 14.3 Å². The fraction of sp³-hybridized carbons (Fsp3) is 0.267. The second-order valence-electron chi connectivity index (χ2n) is 4.09. The molecule has 3 nitrogen and oxygen atoms in total. The summed E-state index contributed by atoms with van der Waals surface area (Å²) in [4.78, 5) is 12.2. The minimum atomic E-state index is 0.0732.